The minimum Gasteiger partial charge on any atom is -0.350 e. The summed E-state index contributed by atoms with van der Waals surface area (Å²) < 4.78 is 0. The zero-order chi connectivity index (χ0) is 16.9. The Kier molecular flexibility index (Phi) is 5.06. The Balaban J connectivity index is 1.63. The summed E-state index contributed by atoms with van der Waals surface area (Å²) in [5.74, 6) is 0.0208. The van der Waals surface area contributed by atoms with Crippen molar-refractivity contribution < 1.29 is 9.59 Å². The maximum Gasteiger partial charge on any atom is 0.251 e. The number of benzene rings is 2. The van der Waals surface area contributed by atoms with E-state index in [0.29, 0.717) is 23.7 Å². The molecule has 24 heavy (non-hydrogen) atoms. The molecule has 124 valence electrons. The van der Waals surface area contributed by atoms with Crippen molar-refractivity contribution in [2.75, 3.05) is 13.1 Å². The lowest BCUT2D eigenvalue weighted by atomic mass is 10.0. The Hall–Kier alpha value is -2.46. The molecule has 0 bridgehead atoms. The molecule has 2 aromatic rings. The molecule has 0 aromatic heterocycles. The van der Waals surface area contributed by atoms with Crippen LogP contribution in [0.15, 0.2) is 48.5 Å². The SMILES string of the molecule is CC(=O)c1ccc(-c2ccc(C(=O)NC[C@@H]3CCCN3)cc2)cc1. The molecule has 1 amide bonds. The van der Waals surface area contributed by atoms with Crippen LogP contribution in [0, 0.1) is 0 Å². The van der Waals surface area contributed by atoms with Crippen molar-refractivity contribution in [1.29, 1.82) is 0 Å². The third-order valence-electron chi connectivity index (χ3n) is 4.44. The molecule has 4 nitrogen and oxygen atoms in total. The number of ketones is 1. The van der Waals surface area contributed by atoms with Gasteiger partial charge in [0.15, 0.2) is 5.78 Å². The molecule has 4 heteroatoms. The maximum absolute atomic E-state index is 12.2. The first-order valence-corrected chi connectivity index (χ1v) is 8.36. The molecule has 2 aromatic carbocycles. The zero-order valence-corrected chi connectivity index (χ0v) is 13.8. The normalized spacial score (nSPS) is 16.8. The standard InChI is InChI=1S/C20H22N2O2/c1-14(23)15-4-6-16(7-5-15)17-8-10-18(11-9-17)20(24)22-13-19-3-2-12-21-19/h4-11,19,21H,2-3,12-13H2,1H3,(H,22,24)/t19-/m0/s1. The van der Waals surface area contributed by atoms with Crippen molar-refractivity contribution in [3.63, 3.8) is 0 Å². The number of hydrogen-bond donors (Lipinski definition) is 2. The minimum atomic E-state index is -0.0397. The molecule has 1 fully saturated rings. The van der Waals surface area contributed by atoms with Crippen molar-refractivity contribution >= 4 is 11.7 Å². The Morgan fingerprint density at radius 1 is 1.00 bits per heavy atom. The largest absolute Gasteiger partial charge is 0.350 e. The number of Topliss-reactive ketones (excluding diaryl/α,β-unsaturated/α-hetero) is 1. The van der Waals surface area contributed by atoms with E-state index in [0.717, 1.165) is 24.1 Å². The summed E-state index contributed by atoms with van der Waals surface area (Å²) in [7, 11) is 0. The van der Waals surface area contributed by atoms with E-state index in [1.54, 1.807) is 6.92 Å². The van der Waals surface area contributed by atoms with Gasteiger partial charge in [0.1, 0.15) is 0 Å². The summed E-state index contributed by atoms with van der Waals surface area (Å²) in [4.78, 5) is 23.5. The third kappa shape index (κ3) is 3.89. The fourth-order valence-electron chi connectivity index (χ4n) is 2.96. The molecule has 0 radical (unpaired) electrons. The molecule has 1 heterocycles. The van der Waals surface area contributed by atoms with E-state index >= 15 is 0 Å². The number of carbonyl (C=O) groups is 2. The Labute approximate surface area is 142 Å². The van der Waals surface area contributed by atoms with Crippen molar-refractivity contribution in [3.8, 4) is 11.1 Å². The molecule has 1 atom stereocenters. The molecule has 0 saturated carbocycles. The van der Waals surface area contributed by atoms with Crippen LogP contribution in [-0.4, -0.2) is 30.8 Å². The molecule has 3 rings (SSSR count). The van der Waals surface area contributed by atoms with Crippen LogP contribution < -0.4 is 10.6 Å². The second kappa shape index (κ2) is 7.41. The average molecular weight is 322 g/mol. The first kappa shape index (κ1) is 16.4. The fourth-order valence-corrected chi connectivity index (χ4v) is 2.96. The van der Waals surface area contributed by atoms with E-state index in [1.165, 1.54) is 6.42 Å². The van der Waals surface area contributed by atoms with Crippen molar-refractivity contribution in [3.05, 3.63) is 59.7 Å². The summed E-state index contributed by atoms with van der Waals surface area (Å²) in [5, 5.41) is 6.35. The predicted octanol–water partition coefficient (Wildman–Crippen LogP) is 3.04. The summed E-state index contributed by atoms with van der Waals surface area (Å²) in [6.07, 6.45) is 2.30. The van der Waals surface area contributed by atoms with Gasteiger partial charge in [-0.3, -0.25) is 9.59 Å². The van der Waals surface area contributed by atoms with Crippen LogP contribution in [0.3, 0.4) is 0 Å². The first-order valence-electron chi connectivity index (χ1n) is 8.36. The number of hydrogen-bond acceptors (Lipinski definition) is 3. The molecular formula is C20H22N2O2. The van der Waals surface area contributed by atoms with Crippen LogP contribution in [0.1, 0.15) is 40.5 Å². The number of nitrogens with one attached hydrogen (secondary N) is 2. The Morgan fingerprint density at radius 2 is 1.58 bits per heavy atom. The van der Waals surface area contributed by atoms with Gasteiger partial charge in [-0.15, -0.1) is 0 Å². The third-order valence-corrected chi connectivity index (χ3v) is 4.44. The van der Waals surface area contributed by atoms with Crippen LogP contribution in [0.4, 0.5) is 0 Å². The van der Waals surface area contributed by atoms with Gasteiger partial charge < -0.3 is 10.6 Å². The smallest absolute Gasteiger partial charge is 0.251 e. The summed E-state index contributed by atoms with van der Waals surface area (Å²) in [6.45, 7) is 3.27. The fraction of sp³-hybridized carbons (Fsp3) is 0.300. The van der Waals surface area contributed by atoms with E-state index in [9.17, 15) is 9.59 Å². The average Bonchev–Trinajstić information content (AvgIpc) is 3.13. The van der Waals surface area contributed by atoms with Gasteiger partial charge in [-0.2, -0.15) is 0 Å². The highest BCUT2D eigenvalue weighted by molar-refractivity contribution is 5.95. The van der Waals surface area contributed by atoms with Gasteiger partial charge in [0, 0.05) is 23.7 Å². The molecule has 0 spiro atoms. The van der Waals surface area contributed by atoms with Gasteiger partial charge in [-0.1, -0.05) is 36.4 Å². The highest BCUT2D eigenvalue weighted by Crippen LogP contribution is 2.20. The first-order chi connectivity index (χ1) is 11.6. The van der Waals surface area contributed by atoms with E-state index in [-0.39, 0.29) is 11.7 Å². The molecule has 0 unspecified atom stereocenters. The Bertz CT molecular complexity index is 714. The van der Waals surface area contributed by atoms with Gasteiger partial charge in [0.2, 0.25) is 0 Å². The lowest BCUT2D eigenvalue weighted by Gasteiger charge is -2.11. The van der Waals surface area contributed by atoms with E-state index < -0.39 is 0 Å². The summed E-state index contributed by atoms with van der Waals surface area (Å²) in [6, 6.07) is 15.5. The summed E-state index contributed by atoms with van der Waals surface area (Å²) >= 11 is 0. The van der Waals surface area contributed by atoms with Crippen molar-refractivity contribution in [1.82, 2.24) is 10.6 Å². The second-order valence-electron chi connectivity index (χ2n) is 6.21. The van der Waals surface area contributed by atoms with E-state index in [2.05, 4.69) is 10.6 Å². The zero-order valence-electron chi connectivity index (χ0n) is 13.8. The minimum absolute atomic E-state index is 0.0397. The molecule has 1 aliphatic rings. The van der Waals surface area contributed by atoms with Gasteiger partial charge in [0.25, 0.3) is 5.91 Å². The molecule has 1 saturated heterocycles. The monoisotopic (exact) mass is 322 g/mol. The van der Waals surface area contributed by atoms with Gasteiger partial charge in [0.05, 0.1) is 0 Å². The maximum atomic E-state index is 12.2. The predicted molar refractivity (Wildman–Crippen MR) is 95.2 cm³/mol. The number of rotatable bonds is 5. The van der Waals surface area contributed by atoms with Crippen LogP contribution >= 0.6 is 0 Å². The van der Waals surface area contributed by atoms with Crippen molar-refractivity contribution in [2.45, 2.75) is 25.8 Å². The second-order valence-corrected chi connectivity index (χ2v) is 6.21. The molecule has 0 aliphatic carbocycles. The van der Waals surface area contributed by atoms with Crippen LogP contribution in [0.2, 0.25) is 0 Å². The Morgan fingerprint density at radius 3 is 2.08 bits per heavy atom. The molecular weight excluding hydrogens is 300 g/mol. The van der Waals surface area contributed by atoms with Crippen LogP contribution in [0.5, 0.6) is 0 Å². The number of carbonyl (C=O) groups excluding carboxylic acids is 2. The number of amides is 1. The lowest BCUT2D eigenvalue weighted by Crippen LogP contribution is -2.37. The highest BCUT2D eigenvalue weighted by atomic mass is 16.1. The highest BCUT2D eigenvalue weighted by Gasteiger charge is 2.15. The topological polar surface area (TPSA) is 58.2 Å². The van der Waals surface area contributed by atoms with Gasteiger partial charge in [-0.25, -0.2) is 0 Å². The summed E-state index contributed by atoms with van der Waals surface area (Å²) in [5.41, 5.74) is 3.42. The molecule has 1 aliphatic heterocycles. The van der Waals surface area contributed by atoms with Crippen LogP contribution in [-0.2, 0) is 0 Å². The van der Waals surface area contributed by atoms with E-state index in [4.69, 9.17) is 0 Å². The molecule has 2 N–H and O–H groups in total. The van der Waals surface area contributed by atoms with Gasteiger partial charge in [-0.05, 0) is 49.6 Å². The quantitative estimate of drug-likeness (QED) is 0.832. The lowest BCUT2D eigenvalue weighted by molar-refractivity contribution is 0.0949. The van der Waals surface area contributed by atoms with E-state index in [1.807, 2.05) is 48.5 Å². The van der Waals surface area contributed by atoms with Crippen LogP contribution in [0.25, 0.3) is 11.1 Å². The van der Waals surface area contributed by atoms with Crippen molar-refractivity contribution in [2.24, 2.45) is 0 Å². The van der Waals surface area contributed by atoms with Gasteiger partial charge >= 0.3 is 0 Å².